The molecule has 0 radical (unpaired) electrons. The van der Waals surface area contributed by atoms with E-state index in [-0.39, 0.29) is 6.04 Å². The van der Waals surface area contributed by atoms with Gasteiger partial charge in [0.1, 0.15) is 0 Å². The quantitative estimate of drug-likeness (QED) is 0.722. The van der Waals surface area contributed by atoms with Crippen molar-refractivity contribution in [2.24, 2.45) is 0 Å². The summed E-state index contributed by atoms with van der Waals surface area (Å²) in [6, 6.07) is 5.97. The Bertz CT molecular complexity index is 355. The lowest BCUT2D eigenvalue weighted by atomic mass is 10.1. The van der Waals surface area contributed by atoms with Crippen LogP contribution in [0.25, 0.3) is 0 Å². The lowest BCUT2D eigenvalue weighted by Crippen LogP contribution is -2.22. The molecule has 0 spiro atoms. The zero-order valence-electron chi connectivity index (χ0n) is 11.7. The van der Waals surface area contributed by atoms with Crippen molar-refractivity contribution in [1.29, 1.82) is 0 Å². The standard InChI is InChI=1S/C14H23NO3/c1-5-9-18-10-12(15-2)11-7-6-8-13(16-3)14(11)17-4/h6-8,12,15H,5,9-10H2,1-4H3. The molecule has 1 rings (SSSR count). The van der Waals surface area contributed by atoms with E-state index in [2.05, 4.69) is 12.2 Å². The molecule has 0 fully saturated rings. The molecule has 0 amide bonds. The smallest absolute Gasteiger partial charge is 0.165 e. The third-order valence-corrected chi connectivity index (χ3v) is 2.79. The minimum atomic E-state index is 0.0987. The molecule has 0 aliphatic rings. The van der Waals surface area contributed by atoms with Crippen molar-refractivity contribution in [3.05, 3.63) is 23.8 Å². The number of likely N-dealkylation sites (N-methyl/N-ethyl adjacent to an activating group) is 1. The first-order valence-electron chi connectivity index (χ1n) is 6.24. The zero-order chi connectivity index (χ0) is 13.4. The highest BCUT2D eigenvalue weighted by atomic mass is 16.5. The van der Waals surface area contributed by atoms with E-state index in [0.717, 1.165) is 30.1 Å². The van der Waals surface area contributed by atoms with Gasteiger partial charge in [-0.2, -0.15) is 0 Å². The van der Waals surface area contributed by atoms with Gasteiger partial charge in [0.15, 0.2) is 11.5 Å². The molecule has 18 heavy (non-hydrogen) atoms. The maximum atomic E-state index is 5.60. The molecular weight excluding hydrogens is 230 g/mol. The number of rotatable bonds is 8. The largest absolute Gasteiger partial charge is 0.493 e. The summed E-state index contributed by atoms with van der Waals surface area (Å²) >= 11 is 0. The molecule has 1 unspecified atom stereocenters. The number of para-hydroxylation sites is 1. The molecule has 1 N–H and O–H groups in total. The summed E-state index contributed by atoms with van der Waals surface area (Å²) in [5.41, 5.74) is 1.05. The first-order chi connectivity index (χ1) is 8.78. The molecule has 4 heteroatoms. The highest BCUT2D eigenvalue weighted by Crippen LogP contribution is 2.34. The number of benzene rings is 1. The van der Waals surface area contributed by atoms with Gasteiger partial charge in [-0.3, -0.25) is 0 Å². The lowest BCUT2D eigenvalue weighted by Gasteiger charge is -2.20. The minimum absolute atomic E-state index is 0.0987. The van der Waals surface area contributed by atoms with Gasteiger partial charge in [0, 0.05) is 12.2 Å². The van der Waals surface area contributed by atoms with E-state index in [1.807, 2.05) is 25.2 Å². The van der Waals surface area contributed by atoms with E-state index in [1.54, 1.807) is 14.2 Å². The van der Waals surface area contributed by atoms with Crippen LogP contribution in [0.5, 0.6) is 11.5 Å². The molecule has 102 valence electrons. The van der Waals surface area contributed by atoms with Crippen molar-refractivity contribution in [3.8, 4) is 11.5 Å². The normalized spacial score (nSPS) is 12.2. The van der Waals surface area contributed by atoms with Crippen LogP contribution in [0.3, 0.4) is 0 Å². The molecule has 0 heterocycles. The lowest BCUT2D eigenvalue weighted by molar-refractivity contribution is 0.113. The van der Waals surface area contributed by atoms with Crippen LogP contribution in [0.1, 0.15) is 24.9 Å². The maximum Gasteiger partial charge on any atom is 0.165 e. The molecule has 1 aromatic carbocycles. The van der Waals surface area contributed by atoms with E-state index in [4.69, 9.17) is 14.2 Å². The zero-order valence-corrected chi connectivity index (χ0v) is 11.7. The van der Waals surface area contributed by atoms with Crippen molar-refractivity contribution < 1.29 is 14.2 Å². The number of hydrogen-bond acceptors (Lipinski definition) is 4. The van der Waals surface area contributed by atoms with Gasteiger partial charge < -0.3 is 19.5 Å². The van der Waals surface area contributed by atoms with Crippen LogP contribution in [0.4, 0.5) is 0 Å². The predicted molar refractivity (Wildman–Crippen MR) is 72.5 cm³/mol. The molecular formula is C14H23NO3. The van der Waals surface area contributed by atoms with Crippen molar-refractivity contribution in [2.75, 3.05) is 34.5 Å². The topological polar surface area (TPSA) is 39.7 Å². The highest BCUT2D eigenvalue weighted by molar-refractivity contribution is 5.48. The fourth-order valence-electron chi connectivity index (χ4n) is 1.86. The maximum absolute atomic E-state index is 5.60. The summed E-state index contributed by atoms with van der Waals surface area (Å²) in [5.74, 6) is 1.50. The van der Waals surface area contributed by atoms with Gasteiger partial charge in [0.2, 0.25) is 0 Å². The van der Waals surface area contributed by atoms with E-state index in [0.29, 0.717) is 6.61 Å². The fraction of sp³-hybridized carbons (Fsp3) is 0.571. The molecule has 0 bridgehead atoms. The Kier molecular flexibility index (Phi) is 6.54. The summed E-state index contributed by atoms with van der Waals surface area (Å²) < 4.78 is 16.3. The van der Waals surface area contributed by atoms with Crippen LogP contribution in [0.2, 0.25) is 0 Å². The predicted octanol–water partition coefficient (Wildman–Crippen LogP) is 2.39. The molecule has 0 saturated heterocycles. The average Bonchev–Trinajstić information content (AvgIpc) is 2.42. The molecule has 0 aromatic heterocycles. The highest BCUT2D eigenvalue weighted by Gasteiger charge is 2.17. The summed E-state index contributed by atoms with van der Waals surface area (Å²) in [5, 5.41) is 3.24. The van der Waals surface area contributed by atoms with Crippen molar-refractivity contribution in [3.63, 3.8) is 0 Å². The van der Waals surface area contributed by atoms with Crippen molar-refractivity contribution >= 4 is 0 Å². The van der Waals surface area contributed by atoms with Crippen LogP contribution in [0.15, 0.2) is 18.2 Å². The number of methoxy groups -OCH3 is 2. The monoisotopic (exact) mass is 253 g/mol. The van der Waals surface area contributed by atoms with Gasteiger partial charge in [-0.05, 0) is 19.5 Å². The van der Waals surface area contributed by atoms with Gasteiger partial charge in [-0.1, -0.05) is 19.1 Å². The first-order valence-corrected chi connectivity index (χ1v) is 6.24. The molecule has 1 aromatic rings. The Labute approximate surface area is 109 Å². The summed E-state index contributed by atoms with van der Waals surface area (Å²) in [4.78, 5) is 0. The number of hydrogen-bond donors (Lipinski definition) is 1. The van der Waals surface area contributed by atoms with E-state index < -0.39 is 0 Å². The van der Waals surface area contributed by atoms with Crippen LogP contribution in [0, 0.1) is 0 Å². The second-order valence-electron chi connectivity index (χ2n) is 4.00. The van der Waals surface area contributed by atoms with Crippen LogP contribution >= 0.6 is 0 Å². The second kappa shape index (κ2) is 7.95. The average molecular weight is 253 g/mol. The Balaban J connectivity index is 2.90. The van der Waals surface area contributed by atoms with Gasteiger partial charge in [-0.25, -0.2) is 0 Å². The van der Waals surface area contributed by atoms with E-state index >= 15 is 0 Å². The van der Waals surface area contributed by atoms with Crippen LogP contribution in [-0.2, 0) is 4.74 Å². The van der Waals surface area contributed by atoms with Gasteiger partial charge in [0.05, 0.1) is 26.9 Å². The minimum Gasteiger partial charge on any atom is -0.493 e. The van der Waals surface area contributed by atoms with Crippen LogP contribution in [-0.4, -0.2) is 34.5 Å². The van der Waals surface area contributed by atoms with Crippen molar-refractivity contribution in [2.45, 2.75) is 19.4 Å². The Morgan fingerprint density at radius 2 is 2.00 bits per heavy atom. The molecule has 0 aliphatic heterocycles. The van der Waals surface area contributed by atoms with E-state index in [9.17, 15) is 0 Å². The second-order valence-corrected chi connectivity index (χ2v) is 4.00. The number of nitrogens with one attached hydrogen (secondary N) is 1. The molecule has 0 aliphatic carbocycles. The summed E-state index contributed by atoms with van der Waals surface area (Å²) in [6.45, 7) is 3.48. The molecule has 4 nitrogen and oxygen atoms in total. The van der Waals surface area contributed by atoms with Crippen LogP contribution < -0.4 is 14.8 Å². The van der Waals surface area contributed by atoms with E-state index in [1.165, 1.54) is 0 Å². The number of ether oxygens (including phenoxy) is 3. The SMILES string of the molecule is CCCOCC(NC)c1cccc(OC)c1OC. The van der Waals surface area contributed by atoms with Gasteiger partial charge in [0.25, 0.3) is 0 Å². The van der Waals surface area contributed by atoms with Gasteiger partial charge >= 0.3 is 0 Å². The fourth-order valence-corrected chi connectivity index (χ4v) is 1.86. The third kappa shape index (κ3) is 3.62. The Morgan fingerprint density at radius 3 is 2.56 bits per heavy atom. The Hall–Kier alpha value is -1.26. The molecule has 0 saturated carbocycles. The van der Waals surface area contributed by atoms with Crippen molar-refractivity contribution in [1.82, 2.24) is 5.32 Å². The summed E-state index contributed by atoms with van der Waals surface area (Å²) in [6.07, 6.45) is 1.02. The third-order valence-electron chi connectivity index (χ3n) is 2.79. The summed E-state index contributed by atoms with van der Waals surface area (Å²) in [7, 11) is 5.21. The Morgan fingerprint density at radius 1 is 1.22 bits per heavy atom. The first kappa shape index (κ1) is 14.8. The van der Waals surface area contributed by atoms with Gasteiger partial charge in [-0.15, -0.1) is 0 Å². The molecule has 1 atom stereocenters.